The number of halogens is 1. The number of carbonyl (C=O) groups excluding carboxylic acids is 2. The summed E-state index contributed by atoms with van der Waals surface area (Å²) >= 11 is 0. The van der Waals surface area contributed by atoms with Gasteiger partial charge in [0, 0.05) is 26.1 Å². The molecule has 1 saturated heterocycles. The van der Waals surface area contributed by atoms with E-state index in [0.29, 0.717) is 19.6 Å². The first kappa shape index (κ1) is 17.4. The molecule has 0 bridgehead atoms. The molecule has 126 valence electrons. The highest BCUT2D eigenvalue weighted by atomic mass is 19.1. The number of rotatable bonds is 4. The maximum absolute atomic E-state index is 13.0. The number of benzene rings is 1. The summed E-state index contributed by atoms with van der Waals surface area (Å²) in [5.74, 6) is -0.532. The molecule has 1 aromatic carbocycles. The van der Waals surface area contributed by atoms with Gasteiger partial charge in [0.05, 0.1) is 6.04 Å². The molecule has 6 heteroatoms. The van der Waals surface area contributed by atoms with E-state index in [4.69, 9.17) is 5.11 Å². The van der Waals surface area contributed by atoms with Gasteiger partial charge in [0.2, 0.25) is 11.8 Å². The topological polar surface area (TPSA) is 60.9 Å². The van der Waals surface area contributed by atoms with Gasteiger partial charge in [-0.2, -0.15) is 0 Å². The average molecular weight is 322 g/mol. The van der Waals surface area contributed by atoms with Crippen LogP contribution in [0.15, 0.2) is 24.3 Å². The van der Waals surface area contributed by atoms with E-state index in [-0.39, 0.29) is 36.0 Å². The number of aliphatic hydroxyl groups is 1. The van der Waals surface area contributed by atoms with Gasteiger partial charge in [-0.15, -0.1) is 0 Å². The number of aliphatic hydroxyl groups excluding tert-OH is 1. The number of hydrogen-bond donors (Lipinski definition) is 1. The fourth-order valence-electron chi connectivity index (χ4n) is 2.86. The molecule has 1 fully saturated rings. The summed E-state index contributed by atoms with van der Waals surface area (Å²) in [5, 5.41) is 9.07. The van der Waals surface area contributed by atoms with Crippen molar-refractivity contribution in [2.75, 3.05) is 19.7 Å². The largest absolute Gasteiger partial charge is 0.387 e. The molecule has 0 spiro atoms. The minimum Gasteiger partial charge on any atom is -0.387 e. The summed E-state index contributed by atoms with van der Waals surface area (Å²) in [6.45, 7) is 4.58. The zero-order valence-electron chi connectivity index (χ0n) is 13.5. The van der Waals surface area contributed by atoms with Crippen molar-refractivity contribution in [3.63, 3.8) is 0 Å². The van der Waals surface area contributed by atoms with E-state index < -0.39 is 6.61 Å². The lowest BCUT2D eigenvalue weighted by molar-refractivity contribution is -0.135. The minimum atomic E-state index is -0.545. The molecule has 1 heterocycles. The van der Waals surface area contributed by atoms with E-state index in [0.717, 1.165) is 5.56 Å². The fourth-order valence-corrected chi connectivity index (χ4v) is 2.86. The summed E-state index contributed by atoms with van der Waals surface area (Å²) in [5.41, 5.74) is 0.854. The predicted octanol–water partition coefficient (Wildman–Crippen LogP) is 1.40. The lowest BCUT2D eigenvalue weighted by atomic mass is 10.0. The van der Waals surface area contributed by atoms with Crippen LogP contribution >= 0.6 is 0 Å². The van der Waals surface area contributed by atoms with Gasteiger partial charge in [0.1, 0.15) is 12.4 Å². The van der Waals surface area contributed by atoms with Crippen LogP contribution in [-0.2, 0) is 16.1 Å². The first-order valence-corrected chi connectivity index (χ1v) is 7.85. The van der Waals surface area contributed by atoms with E-state index in [9.17, 15) is 14.0 Å². The van der Waals surface area contributed by atoms with E-state index in [1.54, 1.807) is 21.9 Å². The molecule has 0 aliphatic carbocycles. The van der Waals surface area contributed by atoms with E-state index in [1.807, 2.05) is 13.8 Å². The average Bonchev–Trinajstić information content (AvgIpc) is 2.69. The van der Waals surface area contributed by atoms with Gasteiger partial charge in [0.25, 0.3) is 0 Å². The maximum Gasteiger partial charge on any atom is 0.248 e. The second-order valence-electron chi connectivity index (χ2n) is 6.21. The Morgan fingerprint density at radius 1 is 1.35 bits per heavy atom. The molecule has 1 atom stereocenters. The van der Waals surface area contributed by atoms with Gasteiger partial charge in [0.15, 0.2) is 0 Å². The third-order valence-electron chi connectivity index (χ3n) is 4.25. The van der Waals surface area contributed by atoms with Crippen molar-refractivity contribution < 1.29 is 19.1 Å². The summed E-state index contributed by atoms with van der Waals surface area (Å²) < 4.78 is 13.0. The molecule has 2 rings (SSSR count). The molecule has 0 saturated carbocycles. The highest BCUT2D eigenvalue weighted by molar-refractivity contribution is 5.81. The molecule has 1 N–H and O–H groups in total. The van der Waals surface area contributed by atoms with Gasteiger partial charge in [-0.1, -0.05) is 26.0 Å². The molecule has 1 aliphatic rings. The summed E-state index contributed by atoms with van der Waals surface area (Å²) in [6.07, 6.45) is 0.232. The Bertz CT molecular complexity index is 559. The Labute approximate surface area is 135 Å². The number of carbonyl (C=O) groups is 2. The molecule has 2 amide bonds. The van der Waals surface area contributed by atoms with Gasteiger partial charge in [-0.3, -0.25) is 9.59 Å². The van der Waals surface area contributed by atoms with Crippen molar-refractivity contribution in [2.24, 2.45) is 5.92 Å². The Morgan fingerprint density at radius 3 is 2.57 bits per heavy atom. The van der Waals surface area contributed by atoms with Crippen LogP contribution in [-0.4, -0.2) is 52.5 Å². The molecular formula is C17H23FN2O3. The molecule has 1 aliphatic heterocycles. The Morgan fingerprint density at radius 2 is 2.00 bits per heavy atom. The standard InChI is InChI=1S/C17H23FN2O3/c1-12(2)15-10-19(17(23)11-21)8-7-16(22)20(15)9-13-3-5-14(18)6-4-13/h3-6,12,15,21H,7-11H2,1-2H3/t15-/m0/s1. The fraction of sp³-hybridized carbons (Fsp3) is 0.529. The van der Waals surface area contributed by atoms with Crippen molar-refractivity contribution in [2.45, 2.75) is 32.9 Å². The first-order chi connectivity index (χ1) is 10.9. The summed E-state index contributed by atoms with van der Waals surface area (Å²) in [4.78, 5) is 27.6. The van der Waals surface area contributed by atoms with Crippen LogP contribution in [0, 0.1) is 11.7 Å². The van der Waals surface area contributed by atoms with Crippen LogP contribution in [0.1, 0.15) is 25.8 Å². The van der Waals surface area contributed by atoms with Crippen LogP contribution < -0.4 is 0 Å². The van der Waals surface area contributed by atoms with Gasteiger partial charge in [-0.25, -0.2) is 4.39 Å². The zero-order valence-corrected chi connectivity index (χ0v) is 13.5. The quantitative estimate of drug-likeness (QED) is 0.911. The van der Waals surface area contributed by atoms with Gasteiger partial charge >= 0.3 is 0 Å². The van der Waals surface area contributed by atoms with Crippen LogP contribution in [0.2, 0.25) is 0 Å². The van der Waals surface area contributed by atoms with Crippen molar-refractivity contribution in [1.29, 1.82) is 0 Å². The Kier molecular flexibility index (Phi) is 5.71. The highest BCUT2D eigenvalue weighted by Crippen LogP contribution is 2.21. The van der Waals surface area contributed by atoms with Crippen LogP contribution in [0.4, 0.5) is 4.39 Å². The SMILES string of the molecule is CC(C)[C@@H]1CN(C(=O)CO)CCC(=O)N1Cc1ccc(F)cc1. The van der Waals surface area contributed by atoms with E-state index >= 15 is 0 Å². The molecular weight excluding hydrogens is 299 g/mol. The van der Waals surface area contributed by atoms with Gasteiger partial charge in [-0.05, 0) is 23.6 Å². The lowest BCUT2D eigenvalue weighted by Crippen LogP contribution is -2.47. The third-order valence-corrected chi connectivity index (χ3v) is 4.25. The number of hydrogen-bond acceptors (Lipinski definition) is 3. The van der Waals surface area contributed by atoms with Gasteiger partial charge < -0.3 is 14.9 Å². The van der Waals surface area contributed by atoms with Crippen molar-refractivity contribution in [1.82, 2.24) is 9.80 Å². The molecule has 0 aromatic heterocycles. The predicted molar refractivity (Wildman–Crippen MR) is 83.9 cm³/mol. The van der Waals surface area contributed by atoms with Crippen LogP contribution in [0.25, 0.3) is 0 Å². The van der Waals surface area contributed by atoms with Crippen LogP contribution in [0.3, 0.4) is 0 Å². The second kappa shape index (κ2) is 7.55. The third kappa shape index (κ3) is 4.28. The molecule has 23 heavy (non-hydrogen) atoms. The summed E-state index contributed by atoms with van der Waals surface area (Å²) in [7, 11) is 0. The van der Waals surface area contributed by atoms with E-state index in [1.165, 1.54) is 12.1 Å². The van der Waals surface area contributed by atoms with Crippen molar-refractivity contribution >= 4 is 11.8 Å². The normalized spacial score (nSPS) is 19.2. The molecule has 5 nitrogen and oxygen atoms in total. The molecule has 0 radical (unpaired) electrons. The zero-order chi connectivity index (χ0) is 17.0. The Balaban J connectivity index is 2.22. The van der Waals surface area contributed by atoms with Crippen molar-refractivity contribution in [3.05, 3.63) is 35.6 Å². The highest BCUT2D eigenvalue weighted by Gasteiger charge is 2.33. The monoisotopic (exact) mass is 322 g/mol. The Hall–Kier alpha value is -1.95. The summed E-state index contributed by atoms with van der Waals surface area (Å²) in [6, 6.07) is 5.96. The smallest absolute Gasteiger partial charge is 0.248 e. The van der Waals surface area contributed by atoms with E-state index in [2.05, 4.69) is 0 Å². The molecule has 0 unspecified atom stereocenters. The van der Waals surface area contributed by atoms with Crippen LogP contribution in [0.5, 0.6) is 0 Å². The van der Waals surface area contributed by atoms with Crippen molar-refractivity contribution in [3.8, 4) is 0 Å². The number of nitrogens with zero attached hydrogens (tertiary/aromatic N) is 2. The maximum atomic E-state index is 13.0. The second-order valence-corrected chi connectivity index (χ2v) is 6.21. The lowest BCUT2D eigenvalue weighted by Gasteiger charge is -2.34. The minimum absolute atomic E-state index is 0.0266. The molecule has 1 aromatic rings. The first-order valence-electron chi connectivity index (χ1n) is 7.85. The number of amides is 2.